The molecule has 4 saturated carbocycles. The summed E-state index contributed by atoms with van der Waals surface area (Å²) in [4.78, 5) is 0. The number of rotatable bonds is 7. The second-order valence-corrected chi connectivity index (χ2v) is 9.90. The van der Waals surface area contributed by atoms with Crippen molar-refractivity contribution in [1.29, 1.82) is 0 Å². The van der Waals surface area contributed by atoms with Gasteiger partial charge in [-0.05, 0) is 51.4 Å². The first-order valence-electron chi connectivity index (χ1n) is 11.8. The van der Waals surface area contributed by atoms with Crippen LogP contribution in [0.25, 0.3) is 0 Å². The van der Waals surface area contributed by atoms with Crippen LogP contribution in [0.4, 0.5) is 0 Å². The molecule has 4 heterocycles. The van der Waals surface area contributed by atoms with Crippen LogP contribution < -0.4 is 0 Å². The van der Waals surface area contributed by atoms with Gasteiger partial charge < -0.3 is 33.2 Å². The highest BCUT2D eigenvalue weighted by atomic mass is 16.7. The molecule has 4 aliphatic carbocycles. The van der Waals surface area contributed by atoms with Gasteiger partial charge in [-0.25, -0.2) is 0 Å². The standard InChI is InChI=1S/C12H18O4.C10H14O3/c1-3-9-11(15-9)7(1)13-5-6-14-8-2-4-10-12(8)16-10;1-3-7-9(12-7)5(1)11-6-2-4-8-10(6)13-8/h7-12H,1-6H2;5-10H,1-4H2. The third kappa shape index (κ3) is 3.67. The molecule has 4 aliphatic heterocycles. The second kappa shape index (κ2) is 7.12. The maximum Gasteiger partial charge on any atom is 0.110 e. The number of fused-ring (bicyclic) bond motifs is 4. The molecule has 0 aromatic carbocycles. The Balaban J connectivity index is 0.000000108. The summed E-state index contributed by atoms with van der Waals surface area (Å²) in [6, 6.07) is 0. The highest BCUT2D eigenvalue weighted by Crippen LogP contribution is 2.46. The predicted octanol–water partition coefficient (Wildman–Crippen LogP) is 1.74. The maximum atomic E-state index is 6.03. The molecule has 8 fully saturated rings. The average molecular weight is 408 g/mol. The molecule has 0 aromatic rings. The minimum Gasteiger partial charge on any atom is -0.373 e. The lowest BCUT2D eigenvalue weighted by molar-refractivity contribution is -0.0432. The summed E-state index contributed by atoms with van der Waals surface area (Å²) in [6.45, 7) is 1.40. The lowest BCUT2D eigenvalue weighted by Gasteiger charge is -2.18. The zero-order valence-electron chi connectivity index (χ0n) is 16.9. The van der Waals surface area contributed by atoms with Crippen molar-refractivity contribution in [3.63, 3.8) is 0 Å². The average Bonchev–Trinajstić information content (AvgIpc) is 3.68. The summed E-state index contributed by atoms with van der Waals surface area (Å²) < 4.78 is 39.4. The Morgan fingerprint density at radius 1 is 0.448 bits per heavy atom. The Hall–Kier alpha value is -0.280. The summed E-state index contributed by atoms with van der Waals surface area (Å²) in [6.07, 6.45) is 14.7. The van der Waals surface area contributed by atoms with E-state index >= 15 is 0 Å². The summed E-state index contributed by atoms with van der Waals surface area (Å²) in [5.41, 5.74) is 0. The first-order valence-corrected chi connectivity index (χ1v) is 11.8. The van der Waals surface area contributed by atoms with Gasteiger partial charge in [0.2, 0.25) is 0 Å². The van der Waals surface area contributed by atoms with Gasteiger partial charge in [-0.2, -0.15) is 0 Å². The van der Waals surface area contributed by atoms with E-state index in [1.165, 1.54) is 38.5 Å². The number of hydrogen-bond donors (Lipinski definition) is 0. The van der Waals surface area contributed by atoms with Crippen LogP contribution in [0.1, 0.15) is 51.4 Å². The van der Waals surface area contributed by atoms with Crippen LogP contribution in [-0.2, 0) is 33.2 Å². The van der Waals surface area contributed by atoms with E-state index in [4.69, 9.17) is 33.2 Å². The zero-order chi connectivity index (χ0) is 18.9. The minimum absolute atomic E-state index is 0.335. The van der Waals surface area contributed by atoms with Gasteiger partial charge in [0.25, 0.3) is 0 Å². The third-order valence-electron chi connectivity index (χ3n) is 7.99. The first kappa shape index (κ1) is 18.3. The van der Waals surface area contributed by atoms with Gasteiger partial charge >= 0.3 is 0 Å². The van der Waals surface area contributed by atoms with Gasteiger partial charge in [-0.3, -0.25) is 0 Å². The quantitative estimate of drug-likeness (QED) is 0.469. The van der Waals surface area contributed by atoms with Crippen molar-refractivity contribution in [2.45, 2.75) is 125 Å². The Morgan fingerprint density at radius 3 is 1.07 bits per heavy atom. The van der Waals surface area contributed by atoms with Crippen molar-refractivity contribution in [3.8, 4) is 0 Å². The fourth-order valence-electron chi connectivity index (χ4n) is 6.11. The molecule has 0 bridgehead atoms. The smallest absolute Gasteiger partial charge is 0.110 e. The van der Waals surface area contributed by atoms with E-state index in [2.05, 4.69) is 0 Å². The van der Waals surface area contributed by atoms with Crippen molar-refractivity contribution < 1.29 is 33.2 Å². The molecule has 7 heteroatoms. The van der Waals surface area contributed by atoms with Gasteiger partial charge in [-0.15, -0.1) is 0 Å². The molecular formula is C22H32O7. The van der Waals surface area contributed by atoms with E-state index in [1.807, 2.05) is 0 Å². The highest BCUT2D eigenvalue weighted by Gasteiger charge is 2.56. The van der Waals surface area contributed by atoms with E-state index in [9.17, 15) is 0 Å². The molecule has 4 saturated heterocycles. The molecule has 0 aromatic heterocycles. The van der Waals surface area contributed by atoms with E-state index < -0.39 is 0 Å². The Labute approximate surface area is 171 Å². The van der Waals surface area contributed by atoms with Crippen LogP contribution in [-0.4, -0.2) is 86.5 Å². The lowest BCUT2D eigenvalue weighted by Crippen LogP contribution is -2.26. The van der Waals surface area contributed by atoms with Crippen LogP contribution in [0, 0.1) is 0 Å². The van der Waals surface area contributed by atoms with Gasteiger partial charge in [0, 0.05) is 0 Å². The Kier molecular flexibility index (Phi) is 4.49. The summed E-state index contributed by atoms with van der Waals surface area (Å²) in [5.74, 6) is 0. The van der Waals surface area contributed by atoms with Crippen molar-refractivity contribution in [3.05, 3.63) is 0 Å². The Morgan fingerprint density at radius 2 is 0.793 bits per heavy atom. The fourth-order valence-corrected chi connectivity index (χ4v) is 6.11. The van der Waals surface area contributed by atoms with Crippen LogP contribution in [0.2, 0.25) is 0 Å². The van der Waals surface area contributed by atoms with Crippen molar-refractivity contribution >= 4 is 0 Å². The molecule has 12 unspecified atom stereocenters. The number of ether oxygens (including phenoxy) is 7. The van der Waals surface area contributed by atoms with Crippen molar-refractivity contribution in [2.24, 2.45) is 0 Å². The second-order valence-electron chi connectivity index (χ2n) is 9.90. The van der Waals surface area contributed by atoms with E-state index in [0.717, 1.165) is 12.8 Å². The van der Waals surface area contributed by atoms with Crippen LogP contribution >= 0.6 is 0 Å². The molecule has 0 amide bonds. The Bertz CT molecular complexity index is 578. The van der Waals surface area contributed by atoms with Crippen molar-refractivity contribution in [1.82, 2.24) is 0 Å². The molecule has 0 spiro atoms. The van der Waals surface area contributed by atoms with Gasteiger partial charge in [0.15, 0.2) is 0 Å². The molecule has 8 rings (SSSR count). The fraction of sp³-hybridized carbons (Fsp3) is 1.00. The molecular weight excluding hydrogens is 376 g/mol. The van der Waals surface area contributed by atoms with E-state index in [0.29, 0.717) is 86.5 Å². The first-order chi connectivity index (χ1) is 14.3. The highest BCUT2D eigenvalue weighted by molar-refractivity contribution is 5.03. The molecule has 0 N–H and O–H groups in total. The number of epoxide rings is 4. The predicted molar refractivity (Wildman–Crippen MR) is 99.7 cm³/mol. The summed E-state index contributed by atoms with van der Waals surface area (Å²) in [7, 11) is 0. The van der Waals surface area contributed by atoms with Crippen LogP contribution in [0.3, 0.4) is 0 Å². The van der Waals surface area contributed by atoms with Crippen LogP contribution in [0.15, 0.2) is 0 Å². The zero-order valence-corrected chi connectivity index (χ0v) is 16.9. The van der Waals surface area contributed by atoms with Gasteiger partial charge in [-0.1, -0.05) is 0 Å². The molecule has 162 valence electrons. The van der Waals surface area contributed by atoms with E-state index in [1.54, 1.807) is 0 Å². The molecule has 12 atom stereocenters. The van der Waals surface area contributed by atoms with Crippen LogP contribution in [0.5, 0.6) is 0 Å². The molecule has 7 nitrogen and oxygen atoms in total. The monoisotopic (exact) mass is 408 g/mol. The molecule has 0 radical (unpaired) electrons. The lowest BCUT2D eigenvalue weighted by atomic mass is 10.2. The largest absolute Gasteiger partial charge is 0.373 e. The molecule has 29 heavy (non-hydrogen) atoms. The topological polar surface area (TPSA) is 77.8 Å². The maximum absolute atomic E-state index is 6.03. The SMILES string of the molecule is C(COC1CCC2OC12)OC1CCC2OC12.C1CC2OC2C1OC1CCC2OC12. The van der Waals surface area contributed by atoms with Gasteiger partial charge in [0.05, 0.1) is 62.0 Å². The van der Waals surface area contributed by atoms with Gasteiger partial charge in [0.1, 0.15) is 24.4 Å². The summed E-state index contributed by atoms with van der Waals surface area (Å²) >= 11 is 0. The van der Waals surface area contributed by atoms with Crippen molar-refractivity contribution in [2.75, 3.05) is 13.2 Å². The minimum atomic E-state index is 0.335. The normalized spacial score (nSPS) is 56.7. The van der Waals surface area contributed by atoms with E-state index in [-0.39, 0.29) is 0 Å². The number of hydrogen-bond acceptors (Lipinski definition) is 7. The third-order valence-corrected chi connectivity index (χ3v) is 7.99. The summed E-state index contributed by atoms with van der Waals surface area (Å²) in [5, 5.41) is 0. The molecule has 8 aliphatic rings.